The zero-order valence-electron chi connectivity index (χ0n) is 4.31. The quantitative estimate of drug-likeness (QED) is 0.587. The van der Waals surface area contributed by atoms with E-state index in [9.17, 15) is 0 Å². The van der Waals surface area contributed by atoms with Crippen molar-refractivity contribution in [1.82, 2.24) is 9.97 Å². The van der Waals surface area contributed by atoms with E-state index >= 15 is 0 Å². The van der Waals surface area contributed by atoms with Gasteiger partial charge in [-0.1, -0.05) is 14.4 Å². The van der Waals surface area contributed by atoms with E-state index in [0.29, 0.717) is 0 Å². The summed E-state index contributed by atoms with van der Waals surface area (Å²) in [5.74, 6) is 0. The van der Waals surface area contributed by atoms with Gasteiger partial charge in [-0.15, -0.1) is 0 Å². The van der Waals surface area contributed by atoms with Crippen LogP contribution in [0.4, 0.5) is 0 Å². The van der Waals surface area contributed by atoms with Gasteiger partial charge < -0.3 is 4.98 Å². The third kappa shape index (κ3) is 1.37. The Bertz CT molecular complexity index is 121. The summed E-state index contributed by atoms with van der Waals surface area (Å²) in [4.78, 5) is 6.81. The van der Waals surface area contributed by atoms with Crippen LogP contribution in [0.5, 0.6) is 0 Å². The average molecular weight is 112 g/mol. The summed E-state index contributed by atoms with van der Waals surface area (Å²) in [5.41, 5.74) is 1.19. The molecule has 1 aromatic rings. The second-order valence-corrected chi connectivity index (χ2v) is 1.43. The van der Waals surface area contributed by atoms with Crippen molar-refractivity contribution in [3.63, 3.8) is 0 Å². The minimum absolute atomic E-state index is 0. The fraction of sp³-hybridized carbons (Fsp3) is 0.500. The monoisotopic (exact) mass is 112 g/mol. The molecule has 0 aromatic carbocycles. The van der Waals surface area contributed by atoms with Crippen LogP contribution in [0.3, 0.4) is 0 Å². The first-order valence-electron chi connectivity index (χ1n) is 2.40. The van der Waals surface area contributed by atoms with Crippen molar-refractivity contribution < 1.29 is 0 Å². The molecule has 0 amide bonds. The SMILES string of the molecule is C.CCc1cnc[nH]1. The van der Waals surface area contributed by atoms with Gasteiger partial charge in [-0.3, -0.25) is 0 Å². The van der Waals surface area contributed by atoms with Gasteiger partial charge in [0.25, 0.3) is 0 Å². The molecule has 0 saturated heterocycles. The molecule has 0 saturated carbocycles. The van der Waals surface area contributed by atoms with E-state index < -0.39 is 0 Å². The van der Waals surface area contributed by atoms with Crippen molar-refractivity contribution in [2.24, 2.45) is 0 Å². The number of H-pyrrole nitrogens is 1. The Morgan fingerprint density at radius 1 is 1.75 bits per heavy atom. The highest BCUT2D eigenvalue weighted by Gasteiger charge is 1.82. The van der Waals surface area contributed by atoms with Crippen molar-refractivity contribution in [1.29, 1.82) is 0 Å². The number of rotatable bonds is 1. The molecule has 1 N–H and O–H groups in total. The van der Waals surface area contributed by atoms with Gasteiger partial charge in [-0.05, 0) is 6.42 Å². The normalized spacial score (nSPS) is 8.12. The number of aromatic nitrogens is 2. The van der Waals surface area contributed by atoms with Crippen LogP contribution in [0, 0.1) is 0 Å². The second-order valence-electron chi connectivity index (χ2n) is 1.43. The standard InChI is InChI=1S/C5H8N2.CH4/c1-2-5-3-6-4-7-5;/h3-4H,2H2,1H3,(H,6,7);1H4. The smallest absolute Gasteiger partial charge is 0.0921 e. The molecule has 0 aliphatic rings. The van der Waals surface area contributed by atoms with Gasteiger partial charge in [0.2, 0.25) is 0 Å². The summed E-state index contributed by atoms with van der Waals surface area (Å²) in [6.45, 7) is 2.09. The van der Waals surface area contributed by atoms with Gasteiger partial charge >= 0.3 is 0 Å². The molecule has 2 nitrogen and oxygen atoms in total. The van der Waals surface area contributed by atoms with Crippen molar-refractivity contribution in [2.45, 2.75) is 20.8 Å². The predicted octanol–water partition coefficient (Wildman–Crippen LogP) is 1.61. The summed E-state index contributed by atoms with van der Waals surface area (Å²) in [6.07, 6.45) is 4.57. The van der Waals surface area contributed by atoms with Gasteiger partial charge in [0.1, 0.15) is 0 Å². The number of aromatic amines is 1. The Labute approximate surface area is 50.0 Å². The predicted molar refractivity (Wildman–Crippen MR) is 34.7 cm³/mol. The third-order valence-corrected chi connectivity index (χ3v) is 0.936. The van der Waals surface area contributed by atoms with Crippen LogP contribution in [0.2, 0.25) is 0 Å². The summed E-state index contributed by atoms with van der Waals surface area (Å²) in [5, 5.41) is 0. The van der Waals surface area contributed by atoms with E-state index in [1.165, 1.54) is 5.69 Å². The van der Waals surface area contributed by atoms with E-state index in [0.717, 1.165) is 6.42 Å². The molecule has 0 fully saturated rings. The third-order valence-electron chi connectivity index (χ3n) is 0.936. The molecule has 0 atom stereocenters. The molecule has 46 valence electrons. The summed E-state index contributed by atoms with van der Waals surface area (Å²) in [7, 11) is 0. The largest absolute Gasteiger partial charge is 0.349 e. The van der Waals surface area contributed by atoms with Crippen LogP contribution >= 0.6 is 0 Å². The van der Waals surface area contributed by atoms with Crippen LogP contribution in [0.15, 0.2) is 12.5 Å². The van der Waals surface area contributed by atoms with E-state index in [1.807, 2.05) is 6.20 Å². The molecule has 0 radical (unpaired) electrons. The first-order valence-corrected chi connectivity index (χ1v) is 2.40. The number of nitrogens with zero attached hydrogens (tertiary/aromatic N) is 1. The minimum Gasteiger partial charge on any atom is -0.349 e. The first kappa shape index (κ1) is 7.21. The lowest BCUT2D eigenvalue weighted by Crippen LogP contribution is -1.73. The number of nitrogens with one attached hydrogen (secondary N) is 1. The molecule has 0 aliphatic carbocycles. The maximum absolute atomic E-state index is 3.84. The van der Waals surface area contributed by atoms with Gasteiger partial charge in [0.15, 0.2) is 0 Å². The van der Waals surface area contributed by atoms with Crippen LogP contribution in [0.1, 0.15) is 20.0 Å². The molecule has 0 spiro atoms. The molecular weight excluding hydrogens is 100 g/mol. The zero-order chi connectivity index (χ0) is 5.11. The Balaban J connectivity index is 0.000000490. The molecule has 2 heteroatoms. The van der Waals surface area contributed by atoms with E-state index in [2.05, 4.69) is 16.9 Å². The summed E-state index contributed by atoms with van der Waals surface area (Å²) < 4.78 is 0. The van der Waals surface area contributed by atoms with E-state index in [1.54, 1.807) is 6.33 Å². The lowest BCUT2D eigenvalue weighted by Gasteiger charge is -1.79. The van der Waals surface area contributed by atoms with Crippen molar-refractivity contribution in [3.8, 4) is 0 Å². The lowest BCUT2D eigenvalue weighted by molar-refractivity contribution is 1.06. The Kier molecular flexibility index (Phi) is 2.92. The number of imidazole rings is 1. The van der Waals surface area contributed by atoms with Crippen LogP contribution in [-0.4, -0.2) is 9.97 Å². The minimum atomic E-state index is 0. The van der Waals surface area contributed by atoms with Crippen LogP contribution in [0.25, 0.3) is 0 Å². The first-order chi connectivity index (χ1) is 3.43. The fourth-order valence-electron chi connectivity index (χ4n) is 0.478. The Morgan fingerprint density at radius 3 is 2.75 bits per heavy atom. The average Bonchev–Trinajstić information content (AvgIpc) is 2.14. The zero-order valence-corrected chi connectivity index (χ0v) is 4.31. The van der Waals surface area contributed by atoms with Crippen LogP contribution in [-0.2, 0) is 6.42 Å². The molecule has 0 bridgehead atoms. The van der Waals surface area contributed by atoms with Crippen molar-refractivity contribution in [2.75, 3.05) is 0 Å². The molecule has 1 heterocycles. The maximum atomic E-state index is 3.84. The molecule has 1 rings (SSSR count). The molecule has 0 unspecified atom stereocenters. The Morgan fingerprint density at radius 2 is 2.50 bits per heavy atom. The van der Waals surface area contributed by atoms with Crippen molar-refractivity contribution in [3.05, 3.63) is 18.2 Å². The second kappa shape index (κ2) is 3.24. The van der Waals surface area contributed by atoms with Gasteiger partial charge in [-0.2, -0.15) is 0 Å². The summed E-state index contributed by atoms with van der Waals surface area (Å²) >= 11 is 0. The number of hydrogen-bond acceptors (Lipinski definition) is 1. The van der Waals surface area contributed by atoms with Crippen molar-refractivity contribution >= 4 is 0 Å². The van der Waals surface area contributed by atoms with Gasteiger partial charge in [-0.25, -0.2) is 4.98 Å². The molecule has 0 aliphatic heterocycles. The van der Waals surface area contributed by atoms with Gasteiger partial charge in [0, 0.05) is 11.9 Å². The van der Waals surface area contributed by atoms with E-state index in [-0.39, 0.29) is 7.43 Å². The number of hydrogen-bond donors (Lipinski definition) is 1. The number of aryl methyl sites for hydroxylation is 1. The van der Waals surface area contributed by atoms with E-state index in [4.69, 9.17) is 0 Å². The Hall–Kier alpha value is -0.790. The molecule has 1 aromatic heterocycles. The summed E-state index contributed by atoms with van der Waals surface area (Å²) in [6, 6.07) is 0. The highest BCUT2D eigenvalue weighted by atomic mass is 14.8. The highest BCUT2D eigenvalue weighted by Crippen LogP contribution is 1.88. The lowest BCUT2D eigenvalue weighted by atomic mass is 10.4. The maximum Gasteiger partial charge on any atom is 0.0921 e. The highest BCUT2D eigenvalue weighted by molar-refractivity contribution is 4.92. The van der Waals surface area contributed by atoms with Gasteiger partial charge in [0.05, 0.1) is 6.33 Å². The fourth-order valence-corrected chi connectivity index (χ4v) is 0.478. The molecule has 8 heavy (non-hydrogen) atoms. The van der Waals surface area contributed by atoms with Crippen LogP contribution < -0.4 is 0 Å². The topological polar surface area (TPSA) is 28.7 Å². The molecular formula is C6H12N2.